The van der Waals surface area contributed by atoms with Gasteiger partial charge in [-0.1, -0.05) is 25.7 Å². The summed E-state index contributed by atoms with van der Waals surface area (Å²) in [4.78, 5) is 51.2. The highest BCUT2D eigenvalue weighted by atomic mass is 16.6. The third kappa shape index (κ3) is 9.79. The second-order valence-corrected chi connectivity index (χ2v) is 11.8. The Kier molecular flexibility index (Phi) is 12.4. The summed E-state index contributed by atoms with van der Waals surface area (Å²) in [5.41, 5.74) is 2.65. The fourth-order valence-electron chi connectivity index (χ4n) is 6.07. The first-order valence-corrected chi connectivity index (χ1v) is 15.8. The van der Waals surface area contributed by atoms with Gasteiger partial charge in [-0.05, 0) is 85.1 Å². The van der Waals surface area contributed by atoms with E-state index in [1.165, 1.54) is 43.9 Å². The van der Waals surface area contributed by atoms with Crippen LogP contribution in [0.15, 0.2) is 42.5 Å². The van der Waals surface area contributed by atoms with Crippen molar-refractivity contribution in [3.63, 3.8) is 0 Å². The van der Waals surface area contributed by atoms with Crippen LogP contribution in [0.4, 0.5) is 5.69 Å². The molecule has 1 unspecified atom stereocenters. The average Bonchev–Trinajstić information content (AvgIpc) is 3.58. The van der Waals surface area contributed by atoms with E-state index >= 15 is 0 Å². The van der Waals surface area contributed by atoms with Crippen molar-refractivity contribution in [1.82, 2.24) is 15.5 Å². The SMILES string of the molecule is COc1cc2c(cc1OC)CN(C(=O)C(CCCCNC(=O)CCC1CCCC1)NC(=O)C=Cc1ccc([N+](=O)[O-])cc1)CC2. The van der Waals surface area contributed by atoms with Crippen LogP contribution in [-0.2, 0) is 27.3 Å². The molecule has 0 saturated heterocycles. The monoisotopic (exact) mass is 620 g/mol. The van der Waals surface area contributed by atoms with Crippen molar-refractivity contribution >= 4 is 29.5 Å². The second kappa shape index (κ2) is 16.6. The van der Waals surface area contributed by atoms with Gasteiger partial charge in [0.1, 0.15) is 6.04 Å². The lowest BCUT2D eigenvalue weighted by Crippen LogP contribution is -2.49. The van der Waals surface area contributed by atoms with Crippen molar-refractivity contribution in [3.8, 4) is 11.5 Å². The quantitative estimate of drug-likeness (QED) is 0.124. The molecule has 0 aromatic heterocycles. The summed E-state index contributed by atoms with van der Waals surface area (Å²) in [5, 5.41) is 16.8. The molecular formula is C34H44N4O7. The van der Waals surface area contributed by atoms with E-state index in [0.717, 1.165) is 17.5 Å². The zero-order valence-corrected chi connectivity index (χ0v) is 26.2. The van der Waals surface area contributed by atoms with Gasteiger partial charge >= 0.3 is 0 Å². The minimum Gasteiger partial charge on any atom is -0.493 e. The van der Waals surface area contributed by atoms with E-state index in [2.05, 4.69) is 10.6 Å². The lowest BCUT2D eigenvalue weighted by molar-refractivity contribution is -0.384. The van der Waals surface area contributed by atoms with Crippen LogP contribution in [0.1, 0.15) is 74.5 Å². The fraction of sp³-hybridized carbons (Fsp3) is 0.500. The van der Waals surface area contributed by atoms with E-state index in [-0.39, 0.29) is 17.5 Å². The molecule has 1 aliphatic carbocycles. The van der Waals surface area contributed by atoms with Crippen LogP contribution in [0.25, 0.3) is 6.08 Å². The normalized spacial score (nSPS) is 15.4. The van der Waals surface area contributed by atoms with Gasteiger partial charge in [0.25, 0.3) is 5.69 Å². The third-order valence-electron chi connectivity index (χ3n) is 8.67. The predicted molar refractivity (Wildman–Crippen MR) is 171 cm³/mol. The first kappa shape index (κ1) is 33.5. The fourth-order valence-corrected chi connectivity index (χ4v) is 6.07. The number of rotatable bonds is 15. The van der Waals surface area contributed by atoms with Crippen molar-refractivity contribution in [2.75, 3.05) is 27.3 Å². The summed E-state index contributed by atoms with van der Waals surface area (Å²) in [6.07, 6.45) is 11.8. The number of unbranched alkanes of at least 4 members (excludes halogenated alkanes) is 1. The minimum atomic E-state index is -0.751. The summed E-state index contributed by atoms with van der Waals surface area (Å²) < 4.78 is 10.9. The Hall–Kier alpha value is -4.41. The van der Waals surface area contributed by atoms with Crippen molar-refractivity contribution < 1.29 is 28.8 Å². The van der Waals surface area contributed by atoms with Crippen LogP contribution in [-0.4, -0.2) is 60.9 Å². The number of carbonyl (C=O) groups is 3. The summed E-state index contributed by atoms with van der Waals surface area (Å²) in [6, 6.07) is 8.94. The summed E-state index contributed by atoms with van der Waals surface area (Å²) in [6.45, 7) is 1.41. The minimum absolute atomic E-state index is 0.0357. The van der Waals surface area contributed by atoms with E-state index in [0.29, 0.717) is 74.7 Å². The first-order chi connectivity index (χ1) is 21.8. The number of amides is 3. The molecule has 1 atom stereocenters. The molecule has 0 radical (unpaired) electrons. The maximum absolute atomic E-state index is 13.8. The number of non-ortho nitro benzene ring substituents is 1. The van der Waals surface area contributed by atoms with Gasteiger partial charge in [-0.3, -0.25) is 24.5 Å². The molecule has 3 amide bonds. The number of methoxy groups -OCH3 is 2. The van der Waals surface area contributed by atoms with Crippen LogP contribution in [0.3, 0.4) is 0 Å². The van der Waals surface area contributed by atoms with Crippen LogP contribution in [0.5, 0.6) is 11.5 Å². The first-order valence-electron chi connectivity index (χ1n) is 15.8. The Bertz CT molecular complexity index is 1370. The number of hydrogen-bond acceptors (Lipinski definition) is 7. The highest BCUT2D eigenvalue weighted by Crippen LogP contribution is 2.33. The van der Waals surface area contributed by atoms with E-state index in [1.54, 1.807) is 37.3 Å². The maximum Gasteiger partial charge on any atom is 0.269 e. The van der Waals surface area contributed by atoms with Gasteiger partial charge in [0.05, 0.1) is 19.1 Å². The molecule has 2 aliphatic rings. The predicted octanol–water partition coefficient (Wildman–Crippen LogP) is 4.95. The van der Waals surface area contributed by atoms with Gasteiger partial charge in [0, 0.05) is 44.3 Å². The number of ether oxygens (including phenoxy) is 2. The Morgan fingerprint density at radius 1 is 1.04 bits per heavy atom. The number of fused-ring (bicyclic) bond motifs is 1. The molecule has 1 saturated carbocycles. The number of benzene rings is 2. The zero-order valence-electron chi connectivity index (χ0n) is 26.2. The number of nitrogens with zero attached hydrogens (tertiary/aromatic N) is 2. The van der Waals surface area contributed by atoms with Gasteiger partial charge in [-0.15, -0.1) is 0 Å². The molecular weight excluding hydrogens is 576 g/mol. The molecule has 2 N–H and O–H groups in total. The molecule has 1 heterocycles. The topological polar surface area (TPSA) is 140 Å². The number of hydrogen-bond donors (Lipinski definition) is 2. The van der Waals surface area contributed by atoms with Gasteiger partial charge in [0.2, 0.25) is 17.7 Å². The van der Waals surface area contributed by atoms with Gasteiger partial charge in [-0.2, -0.15) is 0 Å². The Morgan fingerprint density at radius 3 is 2.40 bits per heavy atom. The summed E-state index contributed by atoms with van der Waals surface area (Å²) in [5.74, 6) is 1.37. The zero-order chi connectivity index (χ0) is 32.2. The molecule has 11 nitrogen and oxygen atoms in total. The van der Waals surface area contributed by atoms with E-state index in [4.69, 9.17) is 9.47 Å². The van der Waals surface area contributed by atoms with Crippen LogP contribution < -0.4 is 20.1 Å². The van der Waals surface area contributed by atoms with Gasteiger partial charge in [0.15, 0.2) is 11.5 Å². The summed E-state index contributed by atoms with van der Waals surface area (Å²) in [7, 11) is 3.16. The maximum atomic E-state index is 13.8. The Balaban J connectivity index is 1.35. The lowest BCUT2D eigenvalue weighted by Gasteiger charge is -2.32. The molecule has 45 heavy (non-hydrogen) atoms. The molecule has 2 aromatic carbocycles. The van der Waals surface area contributed by atoms with Crippen LogP contribution >= 0.6 is 0 Å². The average molecular weight is 621 g/mol. The molecule has 0 bridgehead atoms. The highest BCUT2D eigenvalue weighted by Gasteiger charge is 2.29. The van der Waals surface area contributed by atoms with Crippen LogP contribution in [0.2, 0.25) is 0 Å². The third-order valence-corrected chi connectivity index (χ3v) is 8.67. The van der Waals surface area contributed by atoms with E-state index in [9.17, 15) is 24.5 Å². The van der Waals surface area contributed by atoms with E-state index < -0.39 is 16.9 Å². The van der Waals surface area contributed by atoms with Crippen molar-refractivity contribution in [2.24, 2.45) is 5.92 Å². The lowest BCUT2D eigenvalue weighted by atomic mass is 9.97. The van der Waals surface area contributed by atoms with Crippen molar-refractivity contribution in [3.05, 3.63) is 69.3 Å². The largest absolute Gasteiger partial charge is 0.493 e. The van der Waals surface area contributed by atoms with E-state index in [1.807, 2.05) is 12.1 Å². The number of carbonyl (C=O) groups excluding carboxylic acids is 3. The standard InChI is InChI=1S/C34H44N4O7/c1-44-30-21-26-18-20-37(23-27(26)22-31(30)45-2)34(41)29(9-5-6-19-35-32(39)16-12-24-7-3-4-8-24)36-33(40)17-13-25-10-14-28(15-11-25)38(42)43/h10-11,13-15,17,21-22,24,29H,3-9,12,16,18-20,23H2,1-2H3,(H,35,39)(H,36,40). The molecule has 11 heteroatoms. The van der Waals surface area contributed by atoms with Crippen molar-refractivity contribution in [2.45, 2.75) is 76.8 Å². The smallest absolute Gasteiger partial charge is 0.269 e. The second-order valence-electron chi connectivity index (χ2n) is 11.8. The molecule has 0 spiro atoms. The van der Waals surface area contributed by atoms with Crippen molar-refractivity contribution in [1.29, 1.82) is 0 Å². The highest BCUT2D eigenvalue weighted by molar-refractivity contribution is 5.95. The number of nitro benzene ring substituents is 1. The molecule has 1 fully saturated rings. The number of nitro groups is 1. The molecule has 2 aromatic rings. The number of nitrogens with one attached hydrogen (secondary N) is 2. The summed E-state index contributed by atoms with van der Waals surface area (Å²) >= 11 is 0. The van der Waals surface area contributed by atoms with Crippen LogP contribution in [0, 0.1) is 16.0 Å². The molecule has 4 rings (SSSR count). The van der Waals surface area contributed by atoms with Gasteiger partial charge in [-0.25, -0.2) is 0 Å². The Morgan fingerprint density at radius 2 is 1.73 bits per heavy atom. The Labute approximate surface area is 264 Å². The molecule has 1 aliphatic heterocycles. The molecule has 242 valence electrons. The van der Waals surface area contributed by atoms with Gasteiger partial charge < -0.3 is 25.0 Å².